The lowest BCUT2D eigenvalue weighted by atomic mass is 10.0. The lowest BCUT2D eigenvalue weighted by Gasteiger charge is -2.30. The van der Waals surface area contributed by atoms with Gasteiger partial charge in [0.05, 0.1) is 18.5 Å². The summed E-state index contributed by atoms with van der Waals surface area (Å²) in [6.45, 7) is 1.42. The Bertz CT molecular complexity index is 946. The van der Waals surface area contributed by atoms with E-state index in [-0.39, 0.29) is 18.0 Å². The number of imide groups is 1. The van der Waals surface area contributed by atoms with Crippen molar-refractivity contribution in [2.24, 2.45) is 5.73 Å². The van der Waals surface area contributed by atoms with Crippen LogP contribution < -0.4 is 11.1 Å². The van der Waals surface area contributed by atoms with E-state index in [1.807, 2.05) is 30.3 Å². The summed E-state index contributed by atoms with van der Waals surface area (Å²) in [4.78, 5) is 39.7. The summed E-state index contributed by atoms with van der Waals surface area (Å²) in [5.74, 6) is -3.55. The highest BCUT2D eigenvalue weighted by molar-refractivity contribution is 6.02. The number of benzene rings is 2. The molecule has 6 nitrogen and oxygen atoms in total. The van der Waals surface area contributed by atoms with Crippen LogP contribution in [0.2, 0.25) is 0 Å². The lowest BCUT2D eigenvalue weighted by molar-refractivity contribution is -0.152. The molecule has 3 atom stereocenters. The summed E-state index contributed by atoms with van der Waals surface area (Å²) in [7, 11) is 0. The molecule has 1 saturated heterocycles. The second-order valence-corrected chi connectivity index (χ2v) is 7.76. The van der Waals surface area contributed by atoms with Gasteiger partial charge in [0.1, 0.15) is 17.7 Å². The summed E-state index contributed by atoms with van der Waals surface area (Å²) in [6.07, 6.45) is 1.08. The van der Waals surface area contributed by atoms with Gasteiger partial charge in [-0.15, -0.1) is 0 Å². The third-order valence-electron chi connectivity index (χ3n) is 5.28. The third kappa shape index (κ3) is 5.52. The number of nitrogens with zero attached hydrogens (tertiary/aromatic N) is 1. The van der Waals surface area contributed by atoms with Crippen LogP contribution in [0.5, 0.6) is 0 Å². The molecule has 0 radical (unpaired) electrons. The minimum Gasteiger partial charge on any atom is -0.347 e. The smallest absolute Gasteiger partial charge is 0.246 e. The monoisotopic (exact) mass is 429 g/mol. The van der Waals surface area contributed by atoms with E-state index in [1.54, 1.807) is 0 Å². The number of amides is 3. The summed E-state index contributed by atoms with van der Waals surface area (Å²) in [5.41, 5.74) is 6.73. The van der Waals surface area contributed by atoms with Gasteiger partial charge in [-0.2, -0.15) is 0 Å². The first-order valence-electron chi connectivity index (χ1n) is 10.2. The van der Waals surface area contributed by atoms with E-state index in [1.165, 1.54) is 6.92 Å². The molecule has 0 saturated carbocycles. The van der Waals surface area contributed by atoms with Crippen LogP contribution >= 0.6 is 0 Å². The standard InChI is InChI=1S/C23H25F2N3O3/c1-14(26)23(31)28(21(29)12-15-10-17(24)13-18(25)11-15)20-9-5-8-19(27-22(20)30)16-6-3-2-4-7-16/h2-4,6-7,10-11,13-14,19-20H,5,8-9,12,26H2,1H3,(H,27,30)/t14-,19+,20-/m0/s1. The van der Waals surface area contributed by atoms with Crippen LogP contribution in [0.4, 0.5) is 8.78 Å². The van der Waals surface area contributed by atoms with Crippen LogP contribution in [-0.4, -0.2) is 34.7 Å². The van der Waals surface area contributed by atoms with Crippen molar-refractivity contribution in [1.29, 1.82) is 0 Å². The third-order valence-corrected chi connectivity index (χ3v) is 5.28. The molecule has 164 valence electrons. The predicted octanol–water partition coefficient (Wildman–Crippen LogP) is 2.62. The largest absolute Gasteiger partial charge is 0.347 e. The van der Waals surface area contributed by atoms with E-state index in [0.717, 1.165) is 22.6 Å². The number of rotatable bonds is 5. The van der Waals surface area contributed by atoms with Crippen molar-refractivity contribution < 1.29 is 23.2 Å². The Hall–Kier alpha value is -3.13. The molecule has 0 unspecified atom stereocenters. The minimum absolute atomic E-state index is 0.0705. The van der Waals surface area contributed by atoms with Gasteiger partial charge in [-0.1, -0.05) is 30.3 Å². The Balaban J connectivity index is 1.84. The van der Waals surface area contributed by atoms with E-state index in [0.29, 0.717) is 18.9 Å². The van der Waals surface area contributed by atoms with Crippen molar-refractivity contribution in [3.05, 3.63) is 71.3 Å². The first kappa shape index (κ1) is 22.6. The number of nitrogens with one attached hydrogen (secondary N) is 1. The van der Waals surface area contributed by atoms with Crippen molar-refractivity contribution in [3.8, 4) is 0 Å². The minimum atomic E-state index is -1.04. The average Bonchev–Trinajstić information content (AvgIpc) is 2.90. The fraction of sp³-hybridized carbons (Fsp3) is 0.348. The van der Waals surface area contributed by atoms with Crippen molar-refractivity contribution in [2.75, 3.05) is 0 Å². The first-order valence-corrected chi connectivity index (χ1v) is 10.2. The molecule has 1 heterocycles. The van der Waals surface area contributed by atoms with Gasteiger partial charge >= 0.3 is 0 Å². The number of hydrogen-bond donors (Lipinski definition) is 2. The highest BCUT2D eigenvalue weighted by Crippen LogP contribution is 2.26. The molecular weight excluding hydrogens is 404 g/mol. The van der Waals surface area contributed by atoms with Gasteiger partial charge in [0.2, 0.25) is 17.7 Å². The molecule has 3 amide bonds. The quantitative estimate of drug-likeness (QED) is 0.764. The molecule has 3 rings (SSSR count). The molecule has 2 aromatic carbocycles. The maximum Gasteiger partial charge on any atom is 0.246 e. The molecule has 8 heteroatoms. The molecule has 0 spiro atoms. The predicted molar refractivity (Wildman–Crippen MR) is 111 cm³/mol. The van der Waals surface area contributed by atoms with Crippen LogP contribution in [0.1, 0.15) is 43.4 Å². The average molecular weight is 429 g/mol. The number of nitrogens with two attached hydrogens (primary N) is 1. The van der Waals surface area contributed by atoms with Crippen LogP contribution in [0.15, 0.2) is 48.5 Å². The van der Waals surface area contributed by atoms with Gasteiger partial charge in [0.25, 0.3) is 0 Å². The van der Waals surface area contributed by atoms with Crippen LogP contribution in [-0.2, 0) is 20.8 Å². The van der Waals surface area contributed by atoms with Crippen molar-refractivity contribution in [3.63, 3.8) is 0 Å². The molecular formula is C23H25F2N3O3. The maximum absolute atomic E-state index is 13.5. The van der Waals surface area contributed by atoms with E-state index >= 15 is 0 Å². The van der Waals surface area contributed by atoms with Gasteiger partial charge in [0, 0.05) is 6.07 Å². The van der Waals surface area contributed by atoms with E-state index in [2.05, 4.69) is 5.32 Å². The second kappa shape index (κ2) is 9.78. The Labute approximate surface area is 179 Å². The van der Waals surface area contributed by atoms with E-state index in [9.17, 15) is 23.2 Å². The fourth-order valence-corrected chi connectivity index (χ4v) is 3.81. The Morgan fingerprint density at radius 1 is 1.13 bits per heavy atom. The van der Waals surface area contributed by atoms with Gasteiger partial charge < -0.3 is 11.1 Å². The molecule has 1 fully saturated rings. The summed E-state index contributed by atoms with van der Waals surface area (Å²) in [5, 5.41) is 2.91. The number of carbonyl (C=O) groups excluding carboxylic acids is 3. The van der Waals surface area contributed by atoms with Gasteiger partial charge in [-0.25, -0.2) is 8.78 Å². The summed E-state index contributed by atoms with van der Waals surface area (Å²) < 4.78 is 27.1. The molecule has 0 bridgehead atoms. The SMILES string of the molecule is C[C@H](N)C(=O)N(C(=O)Cc1cc(F)cc(F)c1)[C@H]1CCC[C@H](c2ccccc2)NC1=O. The van der Waals surface area contributed by atoms with Crippen LogP contribution in [0, 0.1) is 11.6 Å². The molecule has 3 N–H and O–H groups in total. The Kier molecular flexibility index (Phi) is 7.12. The topological polar surface area (TPSA) is 92.5 Å². The number of halogens is 2. The second-order valence-electron chi connectivity index (χ2n) is 7.76. The first-order chi connectivity index (χ1) is 14.8. The summed E-state index contributed by atoms with van der Waals surface area (Å²) in [6, 6.07) is 9.87. The molecule has 0 aromatic heterocycles. The molecule has 1 aliphatic rings. The molecule has 2 aromatic rings. The van der Waals surface area contributed by atoms with Gasteiger partial charge in [0.15, 0.2) is 0 Å². The molecule has 31 heavy (non-hydrogen) atoms. The molecule has 1 aliphatic heterocycles. The fourth-order valence-electron chi connectivity index (χ4n) is 3.81. The normalized spacial score (nSPS) is 19.8. The zero-order valence-electron chi connectivity index (χ0n) is 17.2. The van der Waals surface area contributed by atoms with E-state index in [4.69, 9.17) is 5.73 Å². The maximum atomic E-state index is 13.5. The lowest BCUT2D eigenvalue weighted by Crippen LogP contribution is -2.56. The van der Waals surface area contributed by atoms with Crippen molar-refractivity contribution in [1.82, 2.24) is 10.2 Å². The van der Waals surface area contributed by atoms with Crippen LogP contribution in [0.3, 0.4) is 0 Å². The highest BCUT2D eigenvalue weighted by atomic mass is 19.1. The summed E-state index contributed by atoms with van der Waals surface area (Å²) >= 11 is 0. The Morgan fingerprint density at radius 3 is 2.39 bits per heavy atom. The van der Waals surface area contributed by atoms with Gasteiger partial charge in [-0.05, 0) is 49.4 Å². The zero-order chi connectivity index (χ0) is 22.5. The van der Waals surface area contributed by atoms with Crippen molar-refractivity contribution >= 4 is 17.7 Å². The Morgan fingerprint density at radius 2 is 1.77 bits per heavy atom. The van der Waals surface area contributed by atoms with E-state index < -0.39 is 47.9 Å². The van der Waals surface area contributed by atoms with Crippen molar-refractivity contribution in [2.45, 2.75) is 50.7 Å². The molecule has 0 aliphatic carbocycles. The zero-order valence-corrected chi connectivity index (χ0v) is 17.2. The van der Waals surface area contributed by atoms with Gasteiger partial charge in [-0.3, -0.25) is 19.3 Å². The van der Waals surface area contributed by atoms with Crippen LogP contribution in [0.25, 0.3) is 0 Å². The number of carbonyl (C=O) groups is 3. The highest BCUT2D eigenvalue weighted by Gasteiger charge is 2.38. The number of hydrogen-bond acceptors (Lipinski definition) is 4.